The maximum atomic E-state index is 12.0. The van der Waals surface area contributed by atoms with E-state index >= 15 is 0 Å². The lowest BCUT2D eigenvalue weighted by molar-refractivity contribution is 0.0527. The van der Waals surface area contributed by atoms with Gasteiger partial charge in [-0.1, -0.05) is 12.8 Å². The van der Waals surface area contributed by atoms with Crippen molar-refractivity contribution in [3.63, 3.8) is 0 Å². The number of carbonyl (C=O) groups is 1. The highest BCUT2D eigenvalue weighted by Gasteiger charge is 2.27. The lowest BCUT2D eigenvalue weighted by atomic mass is 10.0. The molecule has 1 saturated heterocycles. The summed E-state index contributed by atoms with van der Waals surface area (Å²) in [5.41, 5.74) is 0. The Morgan fingerprint density at radius 3 is 2.65 bits per heavy atom. The number of ether oxygens (including phenoxy) is 1. The molecule has 0 aliphatic carbocycles. The van der Waals surface area contributed by atoms with Crippen molar-refractivity contribution in [2.24, 2.45) is 0 Å². The smallest absolute Gasteiger partial charge is 0.410 e. The highest BCUT2D eigenvalue weighted by Crippen LogP contribution is 2.21. The fourth-order valence-corrected chi connectivity index (χ4v) is 2.33. The van der Waals surface area contributed by atoms with E-state index < -0.39 is 0 Å². The number of hydrogen-bond acceptors (Lipinski definition) is 3. The summed E-state index contributed by atoms with van der Waals surface area (Å²) < 4.78 is 5.26. The van der Waals surface area contributed by atoms with Gasteiger partial charge in [-0.2, -0.15) is 0 Å². The number of hydrogen-bond donors (Lipinski definition) is 1. The molecule has 0 spiro atoms. The van der Waals surface area contributed by atoms with Crippen molar-refractivity contribution in [2.45, 2.75) is 71.1 Å². The largest absolute Gasteiger partial charge is 0.447 e. The predicted octanol–water partition coefficient (Wildman–Crippen LogP) is 2.55. The number of rotatable bonds is 3. The van der Waals surface area contributed by atoms with E-state index in [1.807, 2.05) is 13.8 Å². The molecule has 1 aliphatic heterocycles. The zero-order chi connectivity index (χ0) is 12.8. The molecule has 0 aromatic heterocycles. The standard InChI is InChI=1S/C13H25NO3/c1-10(2)17-13(16)14-8-6-4-5-7-12(14)9-11(3)15/h10-12,15H,4-9H2,1-3H3. The first kappa shape index (κ1) is 14.3. The fraction of sp³-hybridized carbons (Fsp3) is 0.923. The van der Waals surface area contributed by atoms with Gasteiger partial charge in [0.25, 0.3) is 0 Å². The minimum absolute atomic E-state index is 0.0852. The summed E-state index contributed by atoms with van der Waals surface area (Å²) in [4.78, 5) is 13.8. The van der Waals surface area contributed by atoms with Gasteiger partial charge in [-0.3, -0.25) is 0 Å². The molecule has 2 atom stereocenters. The van der Waals surface area contributed by atoms with Crippen molar-refractivity contribution < 1.29 is 14.6 Å². The second-order valence-electron chi connectivity index (χ2n) is 5.21. The Morgan fingerprint density at radius 1 is 1.35 bits per heavy atom. The van der Waals surface area contributed by atoms with E-state index in [4.69, 9.17) is 4.74 Å². The van der Waals surface area contributed by atoms with Crippen LogP contribution in [0.4, 0.5) is 4.79 Å². The van der Waals surface area contributed by atoms with Crippen LogP contribution in [-0.4, -0.2) is 40.9 Å². The Hall–Kier alpha value is -0.770. The Bertz CT molecular complexity index is 241. The fourth-order valence-electron chi connectivity index (χ4n) is 2.33. The molecule has 1 rings (SSSR count). The summed E-state index contributed by atoms with van der Waals surface area (Å²) in [5.74, 6) is 0. The second kappa shape index (κ2) is 6.84. The number of aliphatic hydroxyl groups is 1. The highest BCUT2D eigenvalue weighted by molar-refractivity contribution is 5.68. The molecule has 1 heterocycles. The molecule has 0 radical (unpaired) electrons. The van der Waals surface area contributed by atoms with Crippen molar-refractivity contribution >= 4 is 6.09 Å². The second-order valence-corrected chi connectivity index (χ2v) is 5.21. The van der Waals surface area contributed by atoms with Gasteiger partial charge in [0.05, 0.1) is 12.2 Å². The van der Waals surface area contributed by atoms with Crippen molar-refractivity contribution in [3.05, 3.63) is 0 Å². The molecule has 2 unspecified atom stereocenters. The molecule has 0 saturated carbocycles. The number of likely N-dealkylation sites (tertiary alicyclic amines) is 1. The van der Waals surface area contributed by atoms with Gasteiger partial charge in [0.2, 0.25) is 0 Å². The molecule has 0 aromatic carbocycles. The van der Waals surface area contributed by atoms with Gasteiger partial charge in [0, 0.05) is 12.6 Å². The number of nitrogens with zero attached hydrogens (tertiary/aromatic N) is 1. The molecule has 0 aromatic rings. The lowest BCUT2D eigenvalue weighted by Crippen LogP contribution is -2.42. The summed E-state index contributed by atoms with van der Waals surface area (Å²) in [5, 5.41) is 9.50. The van der Waals surface area contributed by atoms with Gasteiger partial charge in [0.1, 0.15) is 0 Å². The maximum absolute atomic E-state index is 12.0. The average Bonchev–Trinajstić information content (AvgIpc) is 2.41. The van der Waals surface area contributed by atoms with Gasteiger partial charge in [-0.05, 0) is 40.0 Å². The van der Waals surface area contributed by atoms with E-state index in [2.05, 4.69) is 0 Å². The van der Waals surface area contributed by atoms with Gasteiger partial charge in [-0.15, -0.1) is 0 Å². The van der Waals surface area contributed by atoms with E-state index in [1.54, 1.807) is 11.8 Å². The molecule has 17 heavy (non-hydrogen) atoms. The predicted molar refractivity (Wildman–Crippen MR) is 66.9 cm³/mol. The van der Waals surface area contributed by atoms with E-state index in [9.17, 15) is 9.90 Å². The summed E-state index contributed by atoms with van der Waals surface area (Å²) >= 11 is 0. The normalized spacial score (nSPS) is 23.4. The SMILES string of the molecule is CC(O)CC1CCCCCN1C(=O)OC(C)C. The van der Waals surface area contributed by atoms with Gasteiger partial charge in [0.15, 0.2) is 0 Å². The molecule has 4 nitrogen and oxygen atoms in total. The van der Waals surface area contributed by atoms with Crippen molar-refractivity contribution in [2.75, 3.05) is 6.54 Å². The zero-order valence-electron chi connectivity index (χ0n) is 11.2. The topological polar surface area (TPSA) is 49.8 Å². The van der Waals surface area contributed by atoms with Crippen LogP contribution in [0.2, 0.25) is 0 Å². The quantitative estimate of drug-likeness (QED) is 0.828. The van der Waals surface area contributed by atoms with E-state index in [0.29, 0.717) is 6.42 Å². The molecular weight excluding hydrogens is 218 g/mol. The third-order valence-electron chi connectivity index (χ3n) is 3.06. The van der Waals surface area contributed by atoms with E-state index in [1.165, 1.54) is 0 Å². The number of aliphatic hydroxyl groups excluding tert-OH is 1. The molecule has 1 fully saturated rings. The maximum Gasteiger partial charge on any atom is 0.410 e. The van der Waals surface area contributed by atoms with Crippen LogP contribution in [0.5, 0.6) is 0 Å². The van der Waals surface area contributed by atoms with Crippen LogP contribution in [0.3, 0.4) is 0 Å². The summed E-state index contributed by atoms with van der Waals surface area (Å²) in [7, 11) is 0. The van der Waals surface area contributed by atoms with Gasteiger partial charge in [-0.25, -0.2) is 4.79 Å². The van der Waals surface area contributed by atoms with Crippen LogP contribution in [-0.2, 0) is 4.74 Å². The van der Waals surface area contributed by atoms with Gasteiger partial charge < -0.3 is 14.7 Å². The van der Waals surface area contributed by atoms with E-state index in [-0.39, 0.29) is 24.3 Å². The Kier molecular flexibility index (Phi) is 5.75. The van der Waals surface area contributed by atoms with Crippen molar-refractivity contribution in [3.8, 4) is 0 Å². The van der Waals surface area contributed by atoms with Crippen LogP contribution in [0.15, 0.2) is 0 Å². The molecule has 4 heteroatoms. The molecule has 1 aliphatic rings. The molecule has 100 valence electrons. The minimum atomic E-state index is -0.368. The highest BCUT2D eigenvalue weighted by atomic mass is 16.6. The third-order valence-corrected chi connectivity index (χ3v) is 3.06. The van der Waals surface area contributed by atoms with Crippen LogP contribution in [0, 0.1) is 0 Å². The Morgan fingerprint density at radius 2 is 2.06 bits per heavy atom. The summed E-state index contributed by atoms with van der Waals surface area (Å²) in [6.07, 6.45) is 4.25. The Balaban J connectivity index is 2.63. The van der Waals surface area contributed by atoms with Gasteiger partial charge >= 0.3 is 6.09 Å². The zero-order valence-corrected chi connectivity index (χ0v) is 11.2. The van der Waals surface area contributed by atoms with Crippen LogP contribution < -0.4 is 0 Å². The molecule has 1 N–H and O–H groups in total. The summed E-state index contributed by atoms with van der Waals surface area (Å²) in [6.45, 7) is 6.25. The monoisotopic (exact) mass is 243 g/mol. The van der Waals surface area contributed by atoms with E-state index in [0.717, 1.165) is 32.2 Å². The van der Waals surface area contributed by atoms with Crippen molar-refractivity contribution in [1.82, 2.24) is 4.90 Å². The average molecular weight is 243 g/mol. The first-order valence-corrected chi connectivity index (χ1v) is 6.66. The van der Waals surface area contributed by atoms with Crippen LogP contribution in [0.25, 0.3) is 0 Å². The van der Waals surface area contributed by atoms with Crippen molar-refractivity contribution in [1.29, 1.82) is 0 Å². The Labute approximate surface area is 104 Å². The van der Waals surface area contributed by atoms with Crippen LogP contribution in [0.1, 0.15) is 52.9 Å². The number of carbonyl (C=O) groups excluding carboxylic acids is 1. The summed E-state index contributed by atoms with van der Waals surface area (Å²) in [6, 6.07) is 0.128. The third kappa shape index (κ3) is 4.94. The first-order valence-electron chi connectivity index (χ1n) is 6.66. The minimum Gasteiger partial charge on any atom is -0.447 e. The lowest BCUT2D eigenvalue weighted by Gasteiger charge is -2.30. The molecule has 0 bridgehead atoms. The molecule has 1 amide bonds. The van der Waals surface area contributed by atoms with Crippen LogP contribution >= 0.6 is 0 Å². The first-order chi connectivity index (χ1) is 8.00. The molecular formula is C13H25NO3. The number of amides is 1.